The van der Waals surface area contributed by atoms with Gasteiger partial charge in [0.05, 0.1) is 13.2 Å². The van der Waals surface area contributed by atoms with Gasteiger partial charge in [0, 0.05) is 31.7 Å². The SMILES string of the molecule is Cc1cccc(C(CNS(=O)(=O)c2cc(F)c(F)cc2F)N2CCOCC2)c1. The minimum atomic E-state index is -4.37. The second-order valence-corrected chi connectivity index (χ2v) is 8.36. The minimum absolute atomic E-state index is 0.0514. The van der Waals surface area contributed by atoms with Crippen LogP contribution in [-0.4, -0.2) is 46.2 Å². The first kappa shape index (κ1) is 20.8. The van der Waals surface area contributed by atoms with Gasteiger partial charge in [-0.3, -0.25) is 4.90 Å². The van der Waals surface area contributed by atoms with Crippen LogP contribution in [0.3, 0.4) is 0 Å². The van der Waals surface area contributed by atoms with Crippen molar-refractivity contribution in [1.82, 2.24) is 9.62 Å². The van der Waals surface area contributed by atoms with Crippen LogP contribution >= 0.6 is 0 Å². The van der Waals surface area contributed by atoms with E-state index in [1.807, 2.05) is 31.2 Å². The number of hydrogen-bond donors (Lipinski definition) is 1. The van der Waals surface area contributed by atoms with Crippen molar-refractivity contribution >= 4 is 10.0 Å². The molecule has 9 heteroatoms. The zero-order valence-corrected chi connectivity index (χ0v) is 16.1. The quantitative estimate of drug-likeness (QED) is 0.739. The third-order valence-corrected chi connectivity index (χ3v) is 6.08. The molecule has 0 spiro atoms. The monoisotopic (exact) mass is 414 g/mol. The molecule has 0 radical (unpaired) electrons. The summed E-state index contributed by atoms with van der Waals surface area (Å²) in [4.78, 5) is 1.15. The summed E-state index contributed by atoms with van der Waals surface area (Å²) in [5.41, 5.74) is 1.92. The number of rotatable bonds is 6. The van der Waals surface area contributed by atoms with E-state index in [4.69, 9.17) is 4.74 Å². The van der Waals surface area contributed by atoms with Crippen LogP contribution in [0.25, 0.3) is 0 Å². The molecule has 28 heavy (non-hydrogen) atoms. The standard InChI is InChI=1S/C19H21F3N2O3S/c1-13-3-2-4-14(9-13)18(24-5-7-27-8-6-24)12-23-28(25,26)19-11-16(21)15(20)10-17(19)22/h2-4,9-11,18,23H,5-8,12H2,1H3. The molecule has 5 nitrogen and oxygen atoms in total. The Hall–Kier alpha value is -1.94. The van der Waals surface area contributed by atoms with Crippen LogP contribution in [0, 0.1) is 24.4 Å². The molecule has 2 aromatic rings. The van der Waals surface area contributed by atoms with E-state index in [0.29, 0.717) is 32.4 Å². The van der Waals surface area contributed by atoms with Crippen LogP contribution in [0.1, 0.15) is 17.2 Å². The summed E-state index contributed by atoms with van der Waals surface area (Å²) in [6.45, 7) is 4.14. The van der Waals surface area contributed by atoms with Gasteiger partial charge in [0.2, 0.25) is 10.0 Å². The van der Waals surface area contributed by atoms with Crippen molar-refractivity contribution in [3.63, 3.8) is 0 Å². The van der Waals surface area contributed by atoms with Crippen molar-refractivity contribution < 1.29 is 26.3 Å². The van der Waals surface area contributed by atoms with Crippen LogP contribution in [-0.2, 0) is 14.8 Å². The molecular formula is C19H21F3N2O3S. The van der Waals surface area contributed by atoms with Gasteiger partial charge >= 0.3 is 0 Å². The smallest absolute Gasteiger partial charge is 0.243 e. The summed E-state index contributed by atoms with van der Waals surface area (Å²) in [5, 5.41) is 0. The maximum absolute atomic E-state index is 13.9. The Morgan fingerprint density at radius 1 is 1.07 bits per heavy atom. The second kappa shape index (κ2) is 8.60. The Bertz CT molecular complexity index is 947. The molecule has 0 aromatic heterocycles. The number of halogens is 3. The van der Waals surface area contributed by atoms with Gasteiger partial charge in [-0.1, -0.05) is 29.8 Å². The molecule has 0 amide bonds. The zero-order valence-electron chi connectivity index (χ0n) is 15.3. The largest absolute Gasteiger partial charge is 0.379 e. The van der Waals surface area contributed by atoms with Crippen molar-refractivity contribution in [3.8, 4) is 0 Å². The summed E-state index contributed by atoms with van der Waals surface area (Å²) in [6, 6.07) is 7.91. The van der Waals surface area contributed by atoms with E-state index in [9.17, 15) is 21.6 Å². The minimum Gasteiger partial charge on any atom is -0.379 e. The topological polar surface area (TPSA) is 58.6 Å². The van der Waals surface area contributed by atoms with E-state index in [1.54, 1.807) is 0 Å². The van der Waals surface area contributed by atoms with Gasteiger partial charge in [0.25, 0.3) is 0 Å². The predicted octanol–water partition coefficient (Wildman–Crippen LogP) is 2.76. The fourth-order valence-corrected chi connectivity index (χ4v) is 4.31. The highest BCUT2D eigenvalue weighted by molar-refractivity contribution is 7.89. The highest BCUT2D eigenvalue weighted by Crippen LogP contribution is 2.24. The molecular weight excluding hydrogens is 393 g/mol. The van der Waals surface area contributed by atoms with Crippen LogP contribution in [0.4, 0.5) is 13.2 Å². The van der Waals surface area contributed by atoms with Gasteiger partial charge in [-0.25, -0.2) is 26.3 Å². The zero-order chi connectivity index (χ0) is 20.3. The first-order chi connectivity index (χ1) is 13.3. The van der Waals surface area contributed by atoms with Crippen LogP contribution < -0.4 is 4.72 Å². The average molecular weight is 414 g/mol. The van der Waals surface area contributed by atoms with Crippen LogP contribution in [0.5, 0.6) is 0 Å². The Balaban J connectivity index is 1.86. The van der Waals surface area contributed by atoms with Crippen molar-refractivity contribution in [1.29, 1.82) is 0 Å². The maximum atomic E-state index is 13.9. The Labute approximate surface area is 162 Å². The lowest BCUT2D eigenvalue weighted by Crippen LogP contribution is -2.43. The van der Waals surface area contributed by atoms with Gasteiger partial charge in [0.1, 0.15) is 10.7 Å². The molecule has 1 atom stereocenters. The van der Waals surface area contributed by atoms with Crippen molar-refractivity contribution in [3.05, 3.63) is 65.0 Å². The van der Waals surface area contributed by atoms with Crippen molar-refractivity contribution in [2.45, 2.75) is 17.9 Å². The van der Waals surface area contributed by atoms with Crippen molar-refractivity contribution in [2.24, 2.45) is 0 Å². The van der Waals surface area contributed by atoms with Gasteiger partial charge in [-0.05, 0) is 18.6 Å². The molecule has 1 saturated heterocycles. The number of nitrogens with zero attached hydrogens (tertiary/aromatic N) is 1. The molecule has 1 unspecified atom stereocenters. The van der Waals surface area contributed by atoms with Crippen LogP contribution in [0.15, 0.2) is 41.3 Å². The lowest BCUT2D eigenvalue weighted by atomic mass is 10.0. The Kier molecular flexibility index (Phi) is 6.39. The maximum Gasteiger partial charge on any atom is 0.243 e. The molecule has 0 aliphatic carbocycles. The molecule has 1 heterocycles. The fourth-order valence-electron chi connectivity index (χ4n) is 3.20. The van der Waals surface area contributed by atoms with E-state index in [1.165, 1.54) is 0 Å². The predicted molar refractivity (Wildman–Crippen MR) is 97.8 cm³/mol. The summed E-state index contributed by atoms with van der Waals surface area (Å²) < 4.78 is 73.2. The van der Waals surface area contributed by atoms with E-state index in [-0.39, 0.29) is 18.7 Å². The first-order valence-electron chi connectivity index (χ1n) is 8.80. The highest BCUT2D eigenvalue weighted by Gasteiger charge is 2.27. The van der Waals surface area contributed by atoms with Crippen molar-refractivity contribution in [2.75, 3.05) is 32.8 Å². The Morgan fingerprint density at radius 3 is 2.43 bits per heavy atom. The first-order valence-corrected chi connectivity index (χ1v) is 10.3. The van der Waals surface area contributed by atoms with Gasteiger partial charge in [-0.2, -0.15) is 0 Å². The number of ether oxygens (including phenoxy) is 1. The number of sulfonamides is 1. The molecule has 0 bridgehead atoms. The third kappa shape index (κ3) is 4.72. The number of hydrogen-bond acceptors (Lipinski definition) is 4. The van der Waals surface area contributed by atoms with Gasteiger partial charge < -0.3 is 4.74 Å². The number of benzene rings is 2. The average Bonchev–Trinajstić information content (AvgIpc) is 2.65. The second-order valence-electron chi connectivity index (χ2n) is 6.63. The van der Waals surface area contributed by atoms with E-state index in [0.717, 1.165) is 11.1 Å². The fraction of sp³-hybridized carbons (Fsp3) is 0.368. The van der Waals surface area contributed by atoms with Gasteiger partial charge in [-0.15, -0.1) is 0 Å². The molecule has 2 aromatic carbocycles. The summed E-state index contributed by atoms with van der Waals surface area (Å²) in [6.07, 6.45) is 0. The van der Waals surface area contributed by atoms with E-state index in [2.05, 4.69) is 9.62 Å². The third-order valence-electron chi connectivity index (χ3n) is 4.64. The normalized spacial score (nSPS) is 16.9. The molecule has 152 valence electrons. The molecule has 1 aliphatic heterocycles. The van der Waals surface area contributed by atoms with Crippen LogP contribution in [0.2, 0.25) is 0 Å². The summed E-state index contributed by atoms with van der Waals surface area (Å²) in [5.74, 6) is -4.21. The number of morpholine rings is 1. The number of nitrogens with one attached hydrogen (secondary N) is 1. The molecule has 3 rings (SSSR count). The molecule has 1 fully saturated rings. The molecule has 0 saturated carbocycles. The number of aryl methyl sites for hydroxylation is 1. The molecule has 1 N–H and O–H groups in total. The summed E-state index contributed by atoms with van der Waals surface area (Å²) in [7, 11) is -4.37. The Morgan fingerprint density at radius 2 is 1.75 bits per heavy atom. The lowest BCUT2D eigenvalue weighted by molar-refractivity contribution is 0.0172. The lowest BCUT2D eigenvalue weighted by Gasteiger charge is -2.35. The molecule has 1 aliphatic rings. The summed E-state index contributed by atoms with van der Waals surface area (Å²) >= 11 is 0. The van der Waals surface area contributed by atoms with E-state index >= 15 is 0 Å². The van der Waals surface area contributed by atoms with E-state index < -0.39 is 32.4 Å². The highest BCUT2D eigenvalue weighted by atomic mass is 32.2. The van der Waals surface area contributed by atoms with Gasteiger partial charge in [0.15, 0.2) is 11.6 Å².